The molecule has 0 unspecified atom stereocenters. The summed E-state index contributed by atoms with van der Waals surface area (Å²) in [6, 6.07) is 5.28. The highest BCUT2D eigenvalue weighted by atomic mass is 32.2. The molecule has 2 rings (SSSR count). The van der Waals surface area contributed by atoms with Crippen molar-refractivity contribution in [1.82, 2.24) is 4.72 Å². The molecule has 0 heterocycles. The molecule has 118 valence electrons. The minimum absolute atomic E-state index is 0.197. The zero-order valence-electron chi connectivity index (χ0n) is 12.7. The topological polar surface area (TPSA) is 84.2 Å². The molecule has 0 atom stereocenters. The van der Waals surface area contributed by atoms with Crippen LogP contribution in [0.1, 0.15) is 39.0 Å². The van der Waals surface area contributed by atoms with Gasteiger partial charge in [0.05, 0.1) is 16.3 Å². The summed E-state index contributed by atoms with van der Waals surface area (Å²) in [5.74, 6) is 0.851. The van der Waals surface area contributed by atoms with Gasteiger partial charge in [0.1, 0.15) is 0 Å². The van der Waals surface area contributed by atoms with Gasteiger partial charge in [-0.05, 0) is 56.8 Å². The molecule has 0 amide bonds. The molecular weight excluding hydrogens is 286 g/mol. The maximum absolute atomic E-state index is 11.7. The van der Waals surface area contributed by atoms with Crippen LogP contribution in [-0.4, -0.2) is 21.5 Å². The Hall–Kier alpha value is -1.27. The molecule has 1 aromatic rings. The summed E-state index contributed by atoms with van der Waals surface area (Å²) in [7, 11) is -2.05. The Labute approximate surface area is 127 Å². The lowest BCUT2D eigenvalue weighted by molar-refractivity contribution is 0.330. The number of hydrogen-bond donors (Lipinski definition) is 3. The molecular formula is C15H25N3O2S. The van der Waals surface area contributed by atoms with Gasteiger partial charge >= 0.3 is 0 Å². The summed E-state index contributed by atoms with van der Waals surface area (Å²) in [4.78, 5) is 0.197. The molecule has 1 fully saturated rings. The minimum Gasteiger partial charge on any atom is -0.397 e. The highest BCUT2D eigenvalue weighted by Crippen LogP contribution is 2.30. The van der Waals surface area contributed by atoms with Crippen LogP contribution in [0.15, 0.2) is 23.1 Å². The summed E-state index contributed by atoms with van der Waals surface area (Å²) in [5.41, 5.74) is 7.29. The minimum atomic E-state index is -3.44. The SMILES string of the molecule is CCC1CCC(Nc2ccc(S(=O)(=O)NC)cc2N)CC1. The molecule has 6 heteroatoms. The van der Waals surface area contributed by atoms with Gasteiger partial charge in [-0.3, -0.25) is 0 Å². The third-order valence-corrected chi connectivity index (χ3v) is 5.80. The fraction of sp³-hybridized carbons (Fsp3) is 0.600. The highest BCUT2D eigenvalue weighted by molar-refractivity contribution is 7.89. The van der Waals surface area contributed by atoms with E-state index in [0.29, 0.717) is 11.7 Å². The van der Waals surface area contributed by atoms with Crippen molar-refractivity contribution >= 4 is 21.4 Å². The molecule has 0 aliphatic heterocycles. The molecule has 4 N–H and O–H groups in total. The Bertz CT molecular complexity index is 579. The van der Waals surface area contributed by atoms with E-state index < -0.39 is 10.0 Å². The van der Waals surface area contributed by atoms with Crippen LogP contribution in [0.25, 0.3) is 0 Å². The van der Waals surface area contributed by atoms with Gasteiger partial charge in [-0.25, -0.2) is 13.1 Å². The number of anilines is 2. The lowest BCUT2D eigenvalue weighted by atomic mass is 9.84. The van der Waals surface area contributed by atoms with Crippen LogP contribution in [0.4, 0.5) is 11.4 Å². The third-order valence-electron chi connectivity index (χ3n) is 4.39. The quantitative estimate of drug-likeness (QED) is 0.730. The van der Waals surface area contributed by atoms with Crippen LogP contribution in [0, 0.1) is 5.92 Å². The van der Waals surface area contributed by atoms with Gasteiger partial charge in [0.15, 0.2) is 0 Å². The highest BCUT2D eigenvalue weighted by Gasteiger charge is 2.20. The van der Waals surface area contributed by atoms with Crippen LogP contribution in [0.2, 0.25) is 0 Å². The first-order chi connectivity index (χ1) is 9.96. The number of benzene rings is 1. The van der Waals surface area contributed by atoms with Crippen molar-refractivity contribution in [2.24, 2.45) is 5.92 Å². The van der Waals surface area contributed by atoms with E-state index in [1.165, 1.54) is 32.4 Å². The van der Waals surface area contributed by atoms with Crippen LogP contribution >= 0.6 is 0 Å². The van der Waals surface area contributed by atoms with E-state index in [-0.39, 0.29) is 4.90 Å². The standard InChI is InChI=1S/C15H25N3O2S/c1-3-11-4-6-12(7-5-11)18-15-9-8-13(10-14(15)16)21(19,20)17-2/h8-12,17-18H,3-7,16H2,1-2H3. The second-order valence-corrected chi connectivity index (χ2v) is 7.61. The van der Waals surface area contributed by atoms with Gasteiger partial charge in [-0.2, -0.15) is 0 Å². The summed E-state index contributed by atoms with van der Waals surface area (Å²) in [5, 5.41) is 3.45. The average molecular weight is 311 g/mol. The Balaban J connectivity index is 2.05. The van der Waals surface area contributed by atoms with E-state index in [9.17, 15) is 8.42 Å². The summed E-state index contributed by atoms with van der Waals surface area (Å²) >= 11 is 0. The van der Waals surface area contributed by atoms with Crippen molar-refractivity contribution in [1.29, 1.82) is 0 Å². The van der Waals surface area contributed by atoms with Crippen LogP contribution in [-0.2, 0) is 10.0 Å². The van der Waals surface area contributed by atoms with Crippen molar-refractivity contribution in [2.75, 3.05) is 18.1 Å². The molecule has 0 bridgehead atoms. The fourth-order valence-corrected chi connectivity index (χ4v) is 3.66. The average Bonchev–Trinajstić information content (AvgIpc) is 2.50. The molecule has 1 aromatic carbocycles. The predicted octanol–water partition coefficient (Wildman–Crippen LogP) is 2.56. The molecule has 0 saturated heterocycles. The van der Waals surface area contributed by atoms with E-state index in [4.69, 9.17) is 5.73 Å². The Kier molecular flexibility index (Phi) is 5.11. The molecule has 1 saturated carbocycles. The molecule has 0 aromatic heterocycles. The van der Waals surface area contributed by atoms with Gasteiger partial charge in [0.25, 0.3) is 0 Å². The van der Waals surface area contributed by atoms with Gasteiger partial charge in [0.2, 0.25) is 10.0 Å². The maximum atomic E-state index is 11.7. The van der Waals surface area contributed by atoms with E-state index in [0.717, 1.165) is 24.4 Å². The first-order valence-corrected chi connectivity index (χ1v) is 9.04. The number of sulfonamides is 1. The normalized spacial score (nSPS) is 23.0. The number of hydrogen-bond acceptors (Lipinski definition) is 4. The zero-order valence-corrected chi connectivity index (χ0v) is 13.5. The van der Waals surface area contributed by atoms with Crippen molar-refractivity contribution in [3.63, 3.8) is 0 Å². The molecule has 1 aliphatic carbocycles. The summed E-state index contributed by atoms with van der Waals surface area (Å²) in [6.45, 7) is 2.25. The van der Waals surface area contributed by atoms with Gasteiger partial charge in [0, 0.05) is 6.04 Å². The first kappa shape index (κ1) is 16.1. The number of rotatable bonds is 5. The second kappa shape index (κ2) is 6.66. The molecule has 0 radical (unpaired) electrons. The number of nitrogen functional groups attached to an aromatic ring is 1. The van der Waals surface area contributed by atoms with Gasteiger partial charge in [-0.1, -0.05) is 13.3 Å². The molecule has 1 aliphatic rings. The first-order valence-electron chi connectivity index (χ1n) is 7.56. The fourth-order valence-electron chi connectivity index (χ4n) is 2.89. The molecule has 21 heavy (non-hydrogen) atoms. The van der Waals surface area contributed by atoms with Crippen LogP contribution in [0.5, 0.6) is 0 Å². The van der Waals surface area contributed by atoms with Crippen molar-refractivity contribution in [2.45, 2.75) is 50.0 Å². The van der Waals surface area contributed by atoms with Crippen LogP contribution < -0.4 is 15.8 Å². The van der Waals surface area contributed by atoms with Gasteiger partial charge in [-0.15, -0.1) is 0 Å². The largest absolute Gasteiger partial charge is 0.397 e. The zero-order chi connectivity index (χ0) is 15.5. The maximum Gasteiger partial charge on any atom is 0.240 e. The van der Waals surface area contributed by atoms with E-state index >= 15 is 0 Å². The van der Waals surface area contributed by atoms with Crippen molar-refractivity contribution in [3.05, 3.63) is 18.2 Å². The molecule has 0 spiro atoms. The lowest BCUT2D eigenvalue weighted by Gasteiger charge is -2.29. The Morgan fingerprint density at radius 1 is 1.24 bits per heavy atom. The predicted molar refractivity (Wildman–Crippen MR) is 86.8 cm³/mol. The molecule has 5 nitrogen and oxygen atoms in total. The second-order valence-electron chi connectivity index (χ2n) is 5.73. The number of nitrogens with one attached hydrogen (secondary N) is 2. The van der Waals surface area contributed by atoms with E-state index in [1.807, 2.05) is 0 Å². The van der Waals surface area contributed by atoms with E-state index in [1.54, 1.807) is 12.1 Å². The monoisotopic (exact) mass is 311 g/mol. The Morgan fingerprint density at radius 3 is 2.43 bits per heavy atom. The van der Waals surface area contributed by atoms with Crippen molar-refractivity contribution in [3.8, 4) is 0 Å². The van der Waals surface area contributed by atoms with E-state index in [2.05, 4.69) is 17.0 Å². The number of nitrogens with two attached hydrogens (primary N) is 1. The van der Waals surface area contributed by atoms with Crippen LogP contribution in [0.3, 0.4) is 0 Å². The lowest BCUT2D eigenvalue weighted by Crippen LogP contribution is -2.26. The van der Waals surface area contributed by atoms with Crippen molar-refractivity contribution < 1.29 is 8.42 Å². The Morgan fingerprint density at radius 2 is 1.90 bits per heavy atom. The summed E-state index contributed by atoms with van der Waals surface area (Å²) in [6.07, 6.45) is 6.05. The smallest absolute Gasteiger partial charge is 0.240 e. The third kappa shape index (κ3) is 3.89. The van der Waals surface area contributed by atoms with Gasteiger partial charge < -0.3 is 11.1 Å². The summed E-state index contributed by atoms with van der Waals surface area (Å²) < 4.78 is 25.8.